The van der Waals surface area contributed by atoms with E-state index in [1.807, 2.05) is 50.2 Å². The van der Waals surface area contributed by atoms with E-state index in [-0.39, 0.29) is 11.9 Å². The van der Waals surface area contributed by atoms with E-state index in [2.05, 4.69) is 20.9 Å². The molecule has 1 aliphatic rings. The molecule has 3 aromatic rings. The number of urea groups is 1. The molecule has 1 aliphatic heterocycles. The number of hydrogen-bond acceptors (Lipinski definition) is 3. The predicted molar refractivity (Wildman–Crippen MR) is 102 cm³/mol. The van der Waals surface area contributed by atoms with Crippen LogP contribution >= 0.6 is 0 Å². The zero-order chi connectivity index (χ0) is 18.3. The first-order valence-corrected chi connectivity index (χ1v) is 8.92. The molecule has 134 valence electrons. The number of nitrogens with zero attached hydrogens (tertiary/aromatic N) is 4. The van der Waals surface area contributed by atoms with Crippen LogP contribution in [0.2, 0.25) is 0 Å². The minimum atomic E-state index is -0.0402. The molecule has 26 heavy (non-hydrogen) atoms. The zero-order valence-corrected chi connectivity index (χ0v) is 15.4. The summed E-state index contributed by atoms with van der Waals surface area (Å²) in [6.07, 6.45) is 4.52. The normalized spacial score (nSPS) is 17.0. The second kappa shape index (κ2) is 6.44. The number of fused-ring (bicyclic) bond motifs is 1. The fourth-order valence-corrected chi connectivity index (χ4v) is 3.64. The zero-order valence-electron chi connectivity index (χ0n) is 15.4. The molecular weight excluding hydrogens is 326 g/mol. The van der Waals surface area contributed by atoms with Gasteiger partial charge in [-0.1, -0.05) is 12.1 Å². The largest absolute Gasteiger partial charge is 0.330 e. The van der Waals surface area contributed by atoms with Gasteiger partial charge < -0.3 is 14.8 Å². The highest BCUT2D eigenvalue weighted by molar-refractivity contribution is 5.90. The molecule has 1 fully saturated rings. The molecule has 2 aromatic heterocycles. The maximum Gasteiger partial charge on any atom is 0.321 e. The van der Waals surface area contributed by atoms with Crippen molar-refractivity contribution >= 4 is 22.8 Å². The number of carbonyl (C=O) groups excluding carboxylic acids is 1. The molecule has 0 radical (unpaired) electrons. The van der Waals surface area contributed by atoms with E-state index in [4.69, 9.17) is 4.98 Å². The van der Waals surface area contributed by atoms with Crippen LogP contribution in [-0.2, 0) is 7.05 Å². The smallest absolute Gasteiger partial charge is 0.321 e. The molecular formula is C20H23N5O. The lowest BCUT2D eigenvalue weighted by molar-refractivity contribution is 0.222. The molecule has 6 heteroatoms. The lowest BCUT2D eigenvalue weighted by Gasteiger charge is -2.18. The number of likely N-dealkylation sites (tertiary alicyclic amines) is 1. The van der Waals surface area contributed by atoms with Gasteiger partial charge in [0.05, 0.1) is 17.2 Å². The summed E-state index contributed by atoms with van der Waals surface area (Å²) in [7, 11) is 2.02. The van der Waals surface area contributed by atoms with E-state index in [0.29, 0.717) is 6.54 Å². The lowest BCUT2D eigenvalue weighted by Crippen LogP contribution is -2.33. The van der Waals surface area contributed by atoms with Crippen molar-refractivity contribution in [2.24, 2.45) is 7.05 Å². The van der Waals surface area contributed by atoms with Gasteiger partial charge in [0.2, 0.25) is 0 Å². The SMILES string of the molecule is Cc1ccc(C)c(NC(=O)N2CCC(c3nc4ccncc4n3C)C2)c1. The summed E-state index contributed by atoms with van der Waals surface area (Å²) in [5, 5.41) is 3.06. The minimum absolute atomic E-state index is 0.0402. The molecule has 1 unspecified atom stereocenters. The van der Waals surface area contributed by atoms with Gasteiger partial charge in [-0.2, -0.15) is 0 Å². The first-order valence-electron chi connectivity index (χ1n) is 8.92. The van der Waals surface area contributed by atoms with Crippen LogP contribution in [0.15, 0.2) is 36.7 Å². The van der Waals surface area contributed by atoms with Crippen LogP contribution in [0.1, 0.15) is 29.3 Å². The molecule has 4 rings (SSSR count). The molecule has 3 heterocycles. The number of nitrogens with one attached hydrogen (secondary N) is 1. The average Bonchev–Trinajstić information content (AvgIpc) is 3.24. The number of benzene rings is 1. The summed E-state index contributed by atoms with van der Waals surface area (Å²) in [6.45, 7) is 5.46. The summed E-state index contributed by atoms with van der Waals surface area (Å²) in [5.74, 6) is 1.27. The van der Waals surface area contributed by atoms with Crippen LogP contribution < -0.4 is 5.32 Å². The molecule has 0 aliphatic carbocycles. The molecule has 0 saturated carbocycles. The summed E-state index contributed by atoms with van der Waals surface area (Å²) >= 11 is 0. The van der Waals surface area contributed by atoms with Crippen molar-refractivity contribution in [3.63, 3.8) is 0 Å². The molecule has 2 amide bonds. The first-order chi connectivity index (χ1) is 12.5. The Morgan fingerprint density at radius 2 is 2.12 bits per heavy atom. The number of aromatic nitrogens is 3. The highest BCUT2D eigenvalue weighted by atomic mass is 16.2. The van der Waals surface area contributed by atoms with Crippen LogP contribution in [0.3, 0.4) is 0 Å². The van der Waals surface area contributed by atoms with Gasteiger partial charge in [0.15, 0.2) is 0 Å². The molecule has 0 bridgehead atoms. The molecule has 1 N–H and O–H groups in total. The Morgan fingerprint density at radius 1 is 1.27 bits per heavy atom. The predicted octanol–water partition coefficient (Wildman–Crippen LogP) is 3.61. The van der Waals surface area contributed by atoms with Gasteiger partial charge in [-0.3, -0.25) is 4.98 Å². The fourth-order valence-electron chi connectivity index (χ4n) is 3.64. The van der Waals surface area contributed by atoms with Crippen LogP contribution in [0.5, 0.6) is 0 Å². The van der Waals surface area contributed by atoms with Gasteiger partial charge in [0.1, 0.15) is 5.82 Å². The number of carbonyl (C=O) groups is 1. The van der Waals surface area contributed by atoms with E-state index in [1.165, 1.54) is 0 Å². The van der Waals surface area contributed by atoms with Crippen LogP contribution in [-0.4, -0.2) is 38.6 Å². The van der Waals surface area contributed by atoms with Gasteiger partial charge in [-0.25, -0.2) is 9.78 Å². The highest BCUT2D eigenvalue weighted by Crippen LogP contribution is 2.29. The van der Waals surface area contributed by atoms with E-state index in [9.17, 15) is 4.79 Å². The topological polar surface area (TPSA) is 63.1 Å². The summed E-state index contributed by atoms with van der Waals surface area (Å²) < 4.78 is 2.10. The van der Waals surface area contributed by atoms with E-state index in [0.717, 1.165) is 46.6 Å². The van der Waals surface area contributed by atoms with Crippen molar-refractivity contribution in [3.05, 3.63) is 53.6 Å². The molecule has 1 atom stereocenters. The third-order valence-corrected chi connectivity index (χ3v) is 5.19. The number of pyridine rings is 1. The van der Waals surface area contributed by atoms with Crippen LogP contribution in [0.4, 0.5) is 10.5 Å². The molecule has 1 saturated heterocycles. The number of hydrogen-bond donors (Lipinski definition) is 1. The molecule has 0 spiro atoms. The van der Waals surface area contributed by atoms with Crippen LogP contribution in [0.25, 0.3) is 11.0 Å². The fraction of sp³-hybridized carbons (Fsp3) is 0.350. The van der Waals surface area contributed by atoms with Gasteiger partial charge in [0, 0.05) is 37.9 Å². The number of imidazole rings is 1. The number of rotatable bonds is 2. The lowest BCUT2D eigenvalue weighted by atomic mass is 10.1. The quantitative estimate of drug-likeness (QED) is 0.769. The highest BCUT2D eigenvalue weighted by Gasteiger charge is 2.30. The number of amides is 2. The average molecular weight is 349 g/mol. The third kappa shape index (κ3) is 2.92. The van der Waals surface area contributed by atoms with Crippen molar-refractivity contribution in [3.8, 4) is 0 Å². The summed E-state index contributed by atoms with van der Waals surface area (Å²) in [5.41, 5.74) is 5.07. The van der Waals surface area contributed by atoms with Crippen molar-refractivity contribution in [1.29, 1.82) is 0 Å². The molecule has 6 nitrogen and oxygen atoms in total. The Hall–Kier alpha value is -2.89. The van der Waals surface area contributed by atoms with Gasteiger partial charge >= 0.3 is 6.03 Å². The van der Waals surface area contributed by atoms with Gasteiger partial charge in [-0.15, -0.1) is 0 Å². The van der Waals surface area contributed by atoms with Crippen molar-refractivity contribution in [1.82, 2.24) is 19.4 Å². The van der Waals surface area contributed by atoms with Crippen molar-refractivity contribution in [2.45, 2.75) is 26.2 Å². The van der Waals surface area contributed by atoms with Gasteiger partial charge in [-0.05, 0) is 43.5 Å². The molecule has 1 aromatic carbocycles. The van der Waals surface area contributed by atoms with Crippen LogP contribution in [0, 0.1) is 13.8 Å². The minimum Gasteiger partial charge on any atom is -0.330 e. The third-order valence-electron chi connectivity index (χ3n) is 5.19. The Labute approximate surface area is 152 Å². The Balaban J connectivity index is 1.50. The first kappa shape index (κ1) is 16.6. The van der Waals surface area contributed by atoms with E-state index in [1.54, 1.807) is 6.20 Å². The van der Waals surface area contributed by atoms with E-state index < -0.39 is 0 Å². The maximum atomic E-state index is 12.7. The van der Waals surface area contributed by atoms with Crippen molar-refractivity contribution in [2.75, 3.05) is 18.4 Å². The van der Waals surface area contributed by atoms with Crippen molar-refractivity contribution < 1.29 is 4.79 Å². The van der Waals surface area contributed by atoms with E-state index >= 15 is 0 Å². The summed E-state index contributed by atoms with van der Waals surface area (Å²) in [6, 6.07) is 7.99. The second-order valence-electron chi connectivity index (χ2n) is 7.07. The number of aryl methyl sites for hydroxylation is 3. The maximum absolute atomic E-state index is 12.7. The standard InChI is InChI=1S/C20H23N5O/c1-13-4-5-14(2)17(10-13)23-20(26)25-9-7-15(12-25)19-22-16-6-8-21-11-18(16)24(19)3/h4-6,8,10-11,15H,7,9,12H2,1-3H3,(H,23,26). The Bertz CT molecular complexity index is 977. The Morgan fingerprint density at radius 3 is 2.92 bits per heavy atom. The summed E-state index contributed by atoms with van der Waals surface area (Å²) in [4.78, 5) is 23.5. The monoisotopic (exact) mass is 349 g/mol. The second-order valence-corrected chi connectivity index (χ2v) is 7.07. The Kier molecular flexibility index (Phi) is 4.11. The number of anilines is 1. The van der Waals surface area contributed by atoms with Gasteiger partial charge in [0.25, 0.3) is 0 Å².